The molecule has 0 radical (unpaired) electrons. The third kappa shape index (κ3) is 2.88. The Morgan fingerprint density at radius 3 is 2.59 bits per heavy atom. The zero-order chi connectivity index (χ0) is 12.3. The van der Waals surface area contributed by atoms with E-state index in [0.717, 1.165) is 22.9 Å². The van der Waals surface area contributed by atoms with Gasteiger partial charge in [0, 0.05) is 0 Å². The number of furan rings is 1. The molecule has 17 heavy (non-hydrogen) atoms. The van der Waals surface area contributed by atoms with E-state index in [2.05, 4.69) is 5.43 Å². The SMILES string of the molecule is Cc1cc(C(=NC2CCCCC2)NN)c(C)o1. The zero-order valence-corrected chi connectivity index (χ0v) is 10.6. The molecule has 1 aromatic rings. The van der Waals surface area contributed by atoms with Crippen LogP contribution in [0.25, 0.3) is 0 Å². The standard InChI is InChI=1S/C13H21N3O/c1-9-8-12(10(2)17-9)13(16-14)15-11-6-4-3-5-7-11/h8,11H,3-7,14H2,1-2H3,(H,15,16). The highest BCUT2D eigenvalue weighted by Gasteiger charge is 2.16. The highest BCUT2D eigenvalue weighted by atomic mass is 16.3. The Balaban J connectivity index is 2.20. The summed E-state index contributed by atoms with van der Waals surface area (Å²) in [5, 5.41) is 0. The summed E-state index contributed by atoms with van der Waals surface area (Å²) in [4.78, 5) is 4.72. The van der Waals surface area contributed by atoms with E-state index in [-0.39, 0.29) is 0 Å². The number of nitrogens with one attached hydrogen (secondary N) is 1. The first-order valence-corrected chi connectivity index (χ1v) is 6.32. The number of nitrogens with two attached hydrogens (primary N) is 1. The van der Waals surface area contributed by atoms with Crippen LogP contribution in [-0.4, -0.2) is 11.9 Å². The van der Waals surface area contributed by atoms with Crippen LogP contribution in [0.3, 0.4) is 0 Å². The topological polar surface area (TPSA) is 63.5 Å². The lowest BCUT2D eigenvalue weighted by Crippen LogP contribution is -2.33. The third-order valence-corrected chi connectivity index (χ3v) is 3.32. The minimum Gasteiger partial charge on any atom is -0.466 e. The first kappa shape index (κ1) is 12.2. The van der Waals surface area contributed by atoms with Crippen LogP contribution in [0, 0.1) is 13.8 Å². The van der Waals surface area contributed by atoms with Crippen LogP contribution in [0.4, 0.5) is 0 Å². The molecule has 0 atom stereocenters. The van der Waals surface area contributed by atoms with E-state index in [0.29, 0.717) is 6.04 Å². The van der Waals surface area contributed by atoms with E-state index in [1.807, 2.05) is 19.9 Å². The van der Waals surface area contributed by atoms with Gasteiger partial charge in [-0.05, 0) is 32.8 Å². The Hall–Kier alpha value is -1.29. The zero-order valence-electron chi connectivity index (χ0n) is 10.6. The van der Waals surface area contributed by atoms with Gasteiger partial charge in [-0.1, -0.05) is 19.3 Å². The smallest absolute Gasteiger partial charge is 0.146 e. The predicted octanol–water partition coefficient (Wildman–Crippen LogP) is 2.44. The van der Waals surface area contributed by atoms with Gasteiger partial charge in [-0.25, -0.2) is 5.84 Å². The van der Waals surface area contributed by atoms with Gasteiger partial charge < -0.3 is 9.84 Å². The molecule has 3 N–H and O–H groups in total. The van der Waals surface area contributed by atoms with Crippen LogP contribution in [0.15, 0.2) is 15.5 Å². The molecule has 0 spiro atoms. The Kier molecular flexibility index (Phi) is 3.84. The van der Waals surface area contributed by atoms with Crippen LogP contribution in [0.1, 0.15) is 49.2 Å². The molecular formula is C13H21N3O. The predicted molar refractivity (Wildman–Crippen MR) is 68.9 cm³/mol. The molecule has 1 aliphatic carbocycles. The van der Waals surface area contributed by atoms with Crippen molar-refractivity contribution in [3.63, 3.8) is 0 Å². The number of hydrogen-bond donors (Lipinski definition) is 2. The minimum absolute atomic E-state index is 0.407. The number of nitrogens with zero attached hydrogens (tertiary/aromatic N) is 1. The highest BCUT2D eigenvalue weighted by molar-refractivity contribution is 5.99. The molecule has 0 aliphatic heterocycles. The monoisotopic (exact) mass is 235 g/mol. The van der Waals surface area contributed by atoms with Crippen molar-refractivity contribution in [3.05, 3.63) is 23.2 Å². The Morgan fingerprint density at radius 2 is 2.06 bits per heavy atom. The van der Waals surface area contributed by atoms with Gasteiger partial charge in [0.25, 0.3) is 0 Å². The molecule has 1 aromatic heterocycles. The Labute approximate surface area is 102 Å². The van der Waals surface area contributed by atoms with Gasteiger partial charge in [0.15, 0.2) is 0 Å². The summed E-state index contributed by atoms with van der Waals surface area (Å²) < 4.78 is 5.51. The van der Waals surface area contributed by atoms with E-state index in [9.17, 15) is 0 Å². The van der Waals surface area contributed by atoms with Crippen LogP contribution in [0.5, 0.6) is 0 Å². The van der Waals surface area contributed by atoms with Crippen molar-refractivity contribution in [1.82, 2.24) is 5.43 Å². The molecule has 2 rings (SSSR count). The lowest BCUT2D eigenvalue weighted by atomic mass is 9.96. The van der Waals surface area contributed by atoms with Gasteiger partial charge in [0.2, 0.25) is 0 Å². The molecule has 1 aliphatic rings. The molecule has 94 valence electrons. The van der Waals surface area contributed by atoms with E-state index in [4.69, 9.17) is 15.3 Å². The first-order valence-electron chi connectivity index (χ1n) is 6.32. The molecule has 4 nitrogen and oxygen atoms in total. The molecule has 1 saturated carbocycles. The second kappa shape index (κ2) is 5.36. The number of hydrazine groups is 1. The molecule has 4 heteroatoms. The van der Waals surface area contributed by atoms with E-state index >= 15 is 0 Å². The summed E-state index contributed by atoms with van der Waals surface area (Å²) in [6.07, 6.45) is 6.22. The summed E-state index contributed by atoms with van der Waals surface area (Å²) in [5.74, 6) is 8.10. The lowest BCUT2D eigenvalue weighted by Gasteiger charge is -2.19. The maximum Gasteiger partial charge on any atom is 0.146 e. The van der Waals surface area contributed by atoms with Gasteiger partial charge >= 0.3 is 0 Å². The van der Waals surface area contributed by atoms with E-state index in [1.54, 1.807) is 0 Å². The fourth-order valence-corrected chi connectivity index (χ4v) is 2.44. The van der Waals surface area contributed by atoms with Crippen molar-refractivity contribution >= 4 is 5.84 Å². The molecule has 0 unspecified atom stereocenters. The summed E-state index contributed by atoms with van der Waals surface area (Å²) >= 11 is 0. The molecule has 1 heterocycles. The van der Waals surface area contributed by atoms with E-state index in [1.165, 1.54) is 32.1 Å². The van der Waals surface area contributed by atoms with Crippen LogP contribution in [-0.2, 0) is 0 Å². The first-order chi connectivity index (χ1) is 8.20. The van der Waals surface area contributed by atoms with Crippen molar-refractivity contribution < 1.29 is 4.42 Å². The van der Waals surface area contributed by atoms with Crippen LogP contribution < -0.4 is 11.3 Å². The molecule has 0 aromatic carbocycles. The number of rotatable bonds is 2. The van der Waals surface area contributed by atoms with Crippen molar-refractivity contribution in [3.8, 4) is 0 Å². The van der Waals surface area contributed by atoms with Crippen molar-refractivity contribution in [1.29, 1.82) is 0 Å². The molecule has 0 amide bonds. The molecule has 0 bridgehead atoms. The van der Waals surface area contributed by atoms with Gasteiger partial charge in [0.1, 0.15) is 17.4 Å². The Bertz CT molecular complexity index is 403. The number of aryl methyl sites for hydroxylation is 2. The van der Waals surface area contributed by atoms with Crippen molar-refractivity contribution in [2.45, 2.75) is 52.0 Å². The average molecular weight is 235 g/mol. The fraction of sp³-hybridized carbons (Fsp3) is 0.615. The van der Waals surface area contributed by atoms with Crippen molar-refractivity contribution in [2.24, 2.45) is 10.8 Å². The van der Waals surface area contributed by atoms with Crippen molar-refractivity contribution in [2.75, 3.05) is 0 Å². The van der Waals surface area contributed by atoms with Crippen LogP contribution >= 0.6 is 0 Å². The molecule has 1 fully saturated rings. The molecule has 0 saturated heterocycles. The van der Waals surface area contributed by atoms with Gasteiger partial charge in [-0.3, -0.25) is 4.99 Å². The number of hydrogen-bond acceptors (Lipinski definition) is 3. The number of aliphatic imine (C=N–C) groups is 1. The maximum atomic E-state index is 5.58. The summed E-state index contributed by atoms with van der Waals surface area (Å²) in [7, 11) is 0. The van der Waals surface area contributed by atoms with Gasteiger partial charge in [-0.15, -0.1) is 0 Å². The van der Waals surface area contributed by atoms with E-state index < -0.39 is 0 Å². The summed E-state index contributed by atoms with van der Waals surface area (Å²) in [5.41, 5.74) is 3.69. The van der Waals surface area contributed by atoms with Gasteiger partial charge in [-0.2, -0.15) is 0 Å². The summed E-state index contributed by atoms with van der Waals surface area (Å²) in [6, 6.07) is 2.39. The third-order valence-electron chi connectivity index (χ3n) is 3.32. The van der Waals surface area contributed by atoms with Crippen LogP contribution in [0.2, 0.25) is 0 Å². The largest absolute Gasteiger partial charge is 0.466 e. The fourth-order valence-electron chi connectivity index (χ4n) is 2.44. The normalized spacial score (nSPS) is 18.4. The lowest BCUT2D eigenvalue weighted by molar-refractivity contribution is 0.442. The number of amidine groups is 1. The Morgan fingerprint density at radius 1 is 1.35 bits per heavy atom. The summed E-state index contributed by atoms with van der Waals surface area (Å²) in [6.45, 7) is 3.88. The molecular weight excluding hydrogens is 214 g/mol. The second-order valence-electron chi connectivity index (χ2n) is 4.74. The highest BCUT2D eigenvalue weighted by Crippen LogP contribution is 2.22. The second-order valence-corrected chi connectivity index (χ2v) is 4.74. The minimum atomic E-state index is 0.407. The average Bonchev–Trinajstić information content (AvgIpc) is 2.67. The maximum absolute atomic E-state index is 5.58. The quantitative estimate of drug-likeness (QED) is 0.358. The van der Waals surface area contributed by atoms with Gasteiger partial charge in [0.05, 0.1) is 11.6 Å².